The van der Waals surface area contributed by atoms with E-state index in [1.165, 1.54) is 19.3 Å². The maximum Gasteiger partial charge on any atom is 0.251 e. The number of halogens is 1. The van der Waals surface area contributed by atoms with Crippen LogP contribution in [0.25, 0.3) is 0 Å². The fraction of sp³-hybridized carbons (Fsp3) is 0.929. The zero-order chi connectivity index (χ0) is 13.0. The van der Waals surface area contributed by atoms with E-state index in [9.17, 15) is 4.79 Å². The fourth-order valence-electron chi connectivity index (χ4n) is 3.17. The number of piperidine rings is 1. The van der Waals surface area contributed by atoms with Gasteiger partial charge in [-0.05, 0) is 38.0 Å². The summed E-state index contributed by atoms with van der Waals surface area (Å²) in [5.74, 6) is 0.895. The van der Waals surface area contributed by atoms with Gasteiger partial charge in [0.15, 0.2) is 0 Å². The van der Waals surface area contributed by atoms with E-state index in [1.54, 1.807) is 0 Å². The van der Waals surface area contributed by atoms with Crippen LogP contribution in [0.2, 0.25) is 0 Å². The molecule has 0 bridgehead atoms. The Morgan fingerprint density at radius 1 is 1.37 bits per heavy atom. The van der Waals surface area contributed by atoms with Gasteiger partial charge < -0.3 is 15.4 Å². The number of nitrogens with two attached hydrogens (primary N) is 1. The van der Waals surface area contributed by atoms with E-state index < -0.39 is 0 Å². The lowest BCUT2D eigenvalue weighted by Gasteiger charge is -2.34. The molecular formula is C14H27ClN2O2. The molecule has 1 unspecified atom stereocenters. The van der Waals surface area contributed by atoms with Crippen LogP contribution in [0.3, 0.4) is 0 Å². The monoisotopic (exact) mass is 290 g/mol. The predicted molar refractivity (Wildman–Crippen MR) is 78.4 cm³/mol. The second-order valence-corrected chi connectivity index (χ2v) is 5.64. The van der Waals surface area contributed by atoms with Gasteiger partial charge in [-0.25, -0.2) is 0 Å². The molecule has 0 aromatic carbocycles. The van der Waals surface area contributed by atoms with E-state index in [-0.39, 0.29) is 30.5 Å². The van der Waals surface area contributed by atoms with Crippen LogP contribution in [-0.2, 0) is 9.53 Å². The largest absolute Gasteiger partial charge is 0.364 e. The van der Waals surface area contributed by atoms with Gasteiger partial charge in [0.2, 0.25) is 0 Å². The zero-order valence-corrected chi connectivity index (χ0v) is 12.7. The Balaban J connectivity index is 0.00000180. The molecule has 0 aliphatic carbocycles. The Bertz CT molecular complexity index is 287. The van der Waals surface area contributed by atoms with Crippen LogP contribution in [0.5, 0.6) is 0 Å². The average molecular weight is 291 g/mol. The maximum absolute atomic E-state index is 12.4. The quantitative estimate of drug-likeness (QED) is 0.861. The second kappa shape index (κ2) is 8.08. The molecule has 5 heteroatoms. The highest BCUT2D eigenvalue weighted by atomic mass is 35.5. The molecule has 2 rings (SSSR count). The molecule has 2 saturated heterocycles. The Morgan fingerprint density at radius 3 is 2.79 bits per heavy atom. The third kappa shape index (κ3) is 4.33. The molecule has 2 heterocycles. The van der Waals surface area contributed by atoms with E-state index in [0.29, 0.717) is 12.5 Å². The molecule has 19 heavy (non-hydrogen) atoms. The van der Waals surface area contributed by atoms with Crippen LogP contribution >= 0.6 is 12.4 Å². The van der Waals surface area contributed by atoms with Crippen LogP contribution in [-0.4, -0.2) is 42.6 Å². The molecule has 112 valence electrons. The van der Waals surface area contributed by atoms with E-state index in [0.717, 1.165) is 32.4 Å². The highest BCUT2D eigenvalue weighted by molar-refractivity contribution is 5.85. The van der Waals surface area contributed by atoms with Crippen molar-refractivity contribution >= 4 is 18.3 Å². The molecule has 4 nitrogen and oxygen atoms in total. The summed E-state index contributed by atoms with van der Waals surface area (Å²) in [4.78, 5) is 14.4. The van der Waals surface area contributed by atoms with Crippen molar-refractivity contribution in [2.75, 3.05) is 19.6 Å². The lowest BCUT2D eigenvalue weighted by atomic mass is 9.93. The molecule has 0 radical (unpaired) electrons. The van der Waals surface area contributed by atoms with Crippen LogP contribution < -0.4 is 5.73 Å². The van der Waals surface area contributed by atoms with Crippen molar-refractivity contribution in [1.29, 1.82) is 0 Å². The Morgan fingerprint density at radius 2 is 2.16 bits per heavy atom. The maximum atomic E-state index is 12.4. The Hall–Kier alpha value is -0.320. The number of hydrogen-bond donors (Lipinski definition) is 1. The van der Waals surface area contributed by atoms with Gasteiger partial charge in [0, 0.05) is 19.6 Å². The summed E-state index contributed by atoms with van der Waals surface area (Å²) >= 11 is 0. The normalized spacial score (nSPS) is 31.1. The molecule has 0 saturated carbocycles. The SMILES string of the molecule is CCCC1CCCN(C(=O)[C@@H]2CC[C@H](CN)O2)C1.Cl. The minimum Gasteiger partial charge on any atom is -0.364 e. The lowest BCUT2D eigenvalue weighted by molar-refractivity contribution is -0.144. The summed E-state index contributed by atoms with van der Waals surface area (Å²) < 4.78 is 5.70. The van der Waals surface area contributed by atoms with Crippen molar-refractivity contribution in [2.45, 2.75) is 57.7 Å². The van der Waals surface area contributed by atoms with Crippen LogP contribution in [0.4, 0.5) is 0 Å². The van der Waals surface area contributed by atoms with Crippen molar-refractivity contribution in [2.24, 2.45) is 11.7 Å². The molecule has 2 aliphatic rings. The molecule has 1 amide bonds. The third-order valence-electron chi connectivity index (χ3n) is 4.17. The summed E-state index contributed by atoms with van der Waals surface area (Å²) in [6, 6.07) is 0. The second-order valence-electron chi connectivity index (χ2n) is 5.64. The van der Waals surface area contributed by atoms with Crippen molar-refractivity contribution < 1.29 is 9.53 Å². The summed E-state index contributed by atoms with van der Waals surface area (Å²) in [5.41, 5.74) is 5.59. The zero-order valence-electron chi connectivity index (χ0n) is 11.8. The molecule has 3 atom stereocenters. The first-order chi connectivity index (χ1) is 8.74. The Labute approximate surface area is 122 Å². The van der Waals surface area contributed by atoms with Gasteiger partial charge in [0.1, 0.15) is 6.10 Å². The van der Waals surface area contributed by atoms with Gasteiger partial charge in [-0.15, -0.1) is 12.4 Å². The average Bonchev–Trinajstić information content (AvgIpc) is 2.87. The van der Waals surface area contributed by atoms with Crippen LogP contribution in [0.1, 0.15) is 45.4 Å². The predicted octanol–water partition coefficient (Wildman–Crippen LogP) is 1.95. The molecule has 0 spiro atoms. The topological polar surface area (TPSA) is 55.6 Å². The summed E-state index contributed by atoms with van der Waals surface area (Å²) in [6.45, 7) is 4.58. The van der Waals surface area contributed by atoms with E-state index >= 15 is 0 Å². The number of hydrogen-bond acceptors (Lipinski definition) is 3. The molecule has 2 fully saturated rings. The van der Waals surface area contributed by atoms with Gasteiger partial charge in [-0.2, -0.15) is 0 Å². The highest BCUT2D eigenvalue weighted by Gasteiger charge is 2.34. The fourth-order valence-corrected chi connectivity index (χ4v) is 3.17. The van der Waals surface area contributed by atoms with E-state index in [4.69, 9.17) is 10.5 Å². The van der Waals surface area contributed by atoms with Crippen LogP contribution in [0.15, 0.2) is 0 Å². The van der Waals surface area contributed by atoms with Crippen LogP contribution in [0, 0.1) is 5.92 Å². The third-order valence-corrected chi connectivity index (χ3v) is 4.17. The number of carbonyl (C=O) groups is 1. The molecule has 0 aromatic heterocycles. The van der Waals surface area contributed by atoms with Gasteiger partial charge in [0.05, 0.1) is 6.10 Å². The van der Waals surface area contributed by atoms with Crippen molar-refractivity contribution in [3.8, 4) is 0 Å². The Kier molecular flexibility index (Phi) is 7.11. The van der Waals surface area contributed by atoms with E-state index in [1.807, 2.05) is 4.90 Å². The van der Waals surface area contributed by atoms with Gasteiger partial charge in [0.25, 0.3) is 5.91 Å². The number of carbonyl (C=O) groups excluding carboxylic acids is 1. The smallest absolute Gasteiger partial charge is 0.251 e. The van der Waals surface area contributed by atoms with Crippen molar-refractivity contribution in [3.63, 3.8) is 0 Å². The van der Waals surface area contributed by atoms with Gasteiger partial charge >= 0.3 is 0 Å². The standard InChI is InChI=1S/C14H26N2O2.ClH/c1-2-4-11-5-3-8-16(10-11)14(17)13-7-6-12(9-15)18-13;/h11-13H,2-10,15H2,1H3;1H/t11?,12-,13+;/m1./s1. The van der Waals surface area contributed by atoms with Gasteiger partial charge in [-0.1, -0.05) is 13.3 Å². The molecular weight excluding hydrogens is 264 g/mol. The summed E-state index contributed by atoms with van der Waals surface area (Å²) in [7, 11) is 0. The lowest BCUT2D eigenvalue weighted by Crippen LogP contribution is -2.45. The van der Waals surface area contributed by atoms with E-state index in [2.05, 4.69) is 6.92 Å². The highest BCUT2D eigenvalue weighted by Crippen LogP contribution is 2.25. The first-order valence-electron chi connectivity index (χ1n) is 7.39. The first kappa shape index (κ1) is 16.7. The first-order valence-corrected chi connectivity index (χ1v) is 7.39. The minimum atomic E-state index is -0.223. The number of amides is 1. The number of nitrogens with zero attached hydrogens (tertiary/aromatic N) is 1. The van der Waals surface area contributed by atoms with Gasteiger partial charge in [-0.3, -0.25) is 4.79 Å². The number of rotatable bonds is 4. The molecule has 0 aromatic rings. The molecule has 2 N–H and O–H groups in total. The number of likely N-dealkylation sites (tertiary alicyclic amines) is 1. The number of ether oxygens (including phenoxy) is 1. The van der Waals surface area contributed by atoms with Crippen molar-refractivity contribution in [3.05, 3.63) is 0 Å². The molecule has 2 aliphatic heterocycles. The summed E-state index contributed by atoms with van der Waals surface area (Å²) in [5, 5.41) is 0. The minimum absolute atomic E-state index is 0. The summed E-state index contributed by atoms with van der Waals surface area (Å²) in [6.07, 6.45) is 6.50. The van der Waals surface area contributed by atoms with Crippen molar-refractivity contribution in [1.82, 2.24) is 4.90 Å².